The van der Waals surface area contributed by atoms with Crippen LogP contribution in [0.15, 0.2) is 102 Å². The maximum absolute atomic E-state index is 15.0. The lowest BCUT2D eigenvalue weighted by Gasteiger charge is -2.19. The zero-order valence-electron chi connectivity index (χ0n) is 20.9. The first-order chi connectivity index (χ1) is 18.6. The maximum Gasteiger partial charge on any atom is 0.327 e. The van der Waals surface area contributed by atoms with Crippen molar-refractivity contribution in [2.45, 2.75) is 31.8 Å². The number of rotatable bonds is 11. The lowest BCUT2D eigenvalue weighted by molar-refractivity contribution is 0.508. The average molecular weight is 514 g/mol. The number of aromatic amines is 1. The van der Waals surface area contributed by atoms with Crippen LogP contribution in [0.2, 0.25) is 0 Å². The van der Waals surface area contributed by atoms with Crippen molar-refractivity contribution in [2.75, 3.05) is 11.9 Å². The Labute approximate surface area is 219 Å². The van der Waals surface area contributed by atoms with E-state index in [4.69, 9.17) is 0 Å². The van der Waals surface area contributed by atoms with Gasteiger partial charge in [-0.25, -0.2) is 18.6 Å². The quantitative estimate of drug-likeness (QED) is 0.226. The van der Waals surface area contributed by atoms with Crippen molar-refractivity contribution >= 4 is 5.82 Å². The third-order valence-electron chi connectivity index (χ3n) is 6.69. The van der Waals surface area contributed by atoms with Crippen molar-refractivity contribution < 1.29 is 8.78 Å². The lowest BCUT2D eigenvalue weighted by atomic mass is 9.88. The minimum Gasteiger partial charge on any atom is -0.370 e. The van der Waals surface area contributed by atoms with Gasteiger partial charge in [0.05, 0.1) is 12.0 Å². The maximum atomic E-state index is 15.0. The fraction of sp³-hybridized carbons (Fsp3) is 0.200. The molecular weight excluding hydrogens is 484 g/mol. The molecule has 0 spiro atoms. The lowest BCUT2D eigenvalue weighted by Crippen LogP contribution is -2.19. The van der Waals surface area contributed by atoms with Gasteiger partial charge in [0, 0.05) is 43.5 Å². The van der Waals surface area contributed by atoms with Crippen molar-refractivity contribution in [3.63, 3.8) is 0 Å². The smallest absolute Gasteiger partial charge is 0.327 e. The van der Waals surface area contributed by atoms with E-state index in [9.17, 15) is 13.6 Å². The van der Waals surface area contributed by atoms with Gasteiger partial charge in [0.2, 0.25) is 0 Å². The molecule has 0 saturated carbocycles. The molecule has 2 N–H and O–H groups in total. The largest absolute Gasteiger partial charge is 0.370 e. The molecule has 0 atom stereocenters. The SMILES string of the molecule is O=c1[nH]c(NCCC(c2ccccc2)c2ccccc2)c(-c2cccc(F)c2F)n1CCCn1ccnc1. The van der Waals surface area contributed by atoms with Crippen molar-refractivity contribution in [3.8, 4) is 11.3 Å². The Hall–Kier alpha value is -4.46. The number of H-pyrrole nitrogens is 1. The molecule has 0 fully saturated rings. The standard InChI is InChI=1S/C30H29F2N5O/c31-26-14-7-13-25(27(26)32)28-29(35-30(38)37(28)19-8-18-36-20-17-33-21-36)34-16-15-24(22-9-3-1-4-10-22)23-11-5-2-6-12-23/h1-7,9-14,17,20-21,24,34H,8,15-16,18-19H2,(H,35,38). The molecule has 0 bridgehead atoms. The fourth-order valence-electron chi connectivity index (χ4n) is 4.85. The molecule has 0 amide bonds. The highest BCUT2D eigenvalue weighted by atomic mass is 19.2. The van der Waals surface area contributed by atoms with Crippen LogP contribution in [0.4, 0.5) is 14.6 Å². The van der Waals surface area contributed by atoms with Crippen LogP contribution >= 0.6 is 0 Å². The van der Waals surface area contributed by atoms with Crippen LogP contribution < -0.4 is 11.0 Å². The second-order valence-corrected chi connectivity index (χ2v) is 9.15. The van der Waals surface area contributed by atoms with Crippen LogP contribution in [0.5, 0.6) is 0 Å². The predicted octanol–water partition coefficient (Wildman–Crippen LogP) is 6.04. The third-order valence-corrected chi connectivity index (χ3v) is 6.69. The Morgan fingerprint density at radius 2 is 1.61 bits per heavy atom. The summed E-state index contributed by atoms with van der Waals surface area (Å²) in [5.74, 6) is -1.44. The summed E-state index contributed by atoms with van der Waals surface area (Å²) >= 11 is 0. The minimum atomic E-state index is -0.982. The fourth-order valence-corrected chi connectivity index (χ4v) is 4.85. The van der Waals surface area contributed by atoms with E-state index in [-0.39, 0.29) is 17.2 Å². The van der Waals surface area contributed by atoms with E-state index in [1.807, 2.05) is 47.2 Å². The summed E-state index contributed by atoms with van der Waals surface area (Å²) in [6.07, 6.45) is 6.58. The predicted molar refractivity (Wildman–Crippen MR) is 145 cm³/mol. The van der Waals surface area contributed by atoms with Gasteiger partial charge >= 0.3 is 5.69 Å². The number of imidazole rings is 2. The Morgan fingerprint density at radius 1 is 0.895 bits per heavy atom. The number of aromatic nitrogens is 4. The van der Waals surface area contributed by atoms with Gasteiger partial charge < -0.3 is 9.88 Å². The van der Waals surface area contributed by atoms with E-state index in [1.165, 1.54) is 27.8 Å². The molecule has 194 valence electrons. The number of hydrogen-bond acceptors (Lipinski definition) is 3. The molecule has 2 heterocycles. The van der Waals surface area contributed by atoms with E-state index in [0.29, 0.717) is 37.6 Å². The zero-order chi connectivity index (χ0) is 26.3. The summed E-state index contributed by atoms with van der Waals surface area (Å²) in [7, 11) is 0. The Morgan fingerprint density at radius 3 is 2.26 bits per heavy atom. The third kappa shape index (κ3) is 5.59. The van der Waals surface area contributed by atoms with Crippen LogP contribution in [0.1, 0.15) is 29.9 Å². The van der Waals surface area contributed by atoms with Crippen LogP contribution in [0, 0.1) is 11.6 Å². The molecule has 0 aliphatic heterocycles. The number of nitrogens with one attached hydrogen (secondary N) is 2. The molecule has 6 nitrogen and oxygen atoms in total. The molecule has 0 aliphatic rings. The van der Waals surface area contributed by atoms with E-state index in [1.54, 1.807) is 12.5 Å². The molecule has 5 rings (SSSR count). The molecule has 0 radical (unpaired) electrons. The first kappa shape index (κ1) is 25.2. The van der Waals surface area contributed by atoms with E-state index in [0.717, 1.165) is 12.5 Å². The normalized spacial score (nSPS) is 11.2. The van der Waals surface area contributed by atoms with Crippen molar-refractivity contribution in [1.29, 1.82) is 0 Å². The van der Waals surface area contributed by atoms with Crippen LogP contribution in [-0.4, -0.2) is 25.6 Å². The van der Waals surface area contributed by atoms with Crippen molar-refractivity contribution in [1.82, 2.24) is 19.1 Å². The number of anilines is 1. The number of halogens is 2. The molecule has 0 aliphatic carbocycles. The summed E-state index contributed by atoms with van der Waals surface area (Å²) in [4.78, 5) is 19.9. The summed E-state index contributed by atoms with van der Waals surface area (Å²) < 4.78 is 32.5. The first-order valence-electron chi connectivity index (χ1n) is 12.7. The summed E-state index contributed by atoms with van der Waals surface area (Å²) in [6.45, 7) is 1.48. The van der Waals surface area contributed by atoms with Crippen LogP contribution in [0.25, 0.3) is 11.3 Å². The minimum absolute atomic E-state index is 0.0381. The van der Waals surface area contributed by atoms with Gasteiger partial charge in [-0.3, -0.25) is 9.55 Å². The molecule has 0 unspecified atom stereocenters. The number of aryl methyl sites for hydroxylation is 1. The van der Waals surface area contributed by atoms with E-state index < -0.39 is 11.6 Å². The number of hydrogen-bond donors (Lipinski definition) is 2. The molecule has 8 heteroatoms. The highest BCUT2D eigenvalue weighted by Gasteiger charge is 2.21. The topological polar surface area (TPSA) is 67.6 Å². The van der Waals surface area contributed by atoms with Gasteiger partial charge in [-0.2, -0.15) is 0 Å². The first-order valence-corrected chi connectivity index (χ1v) is 12.7. The molecule has 5 aromatic rings. The van der Waals surface area contributed by atoms with Gasteiger partial charge in [-0.15, -0.1) is 0 Å². The van der Waals surface area contributed by atoms with Crippen LogP contribution in [-0.2, 0) is 13.1 Å². The van der Waals surface area contributed by atoms with Crippen molar-refractivity contribution in [2.24, 2.45) is 0 Å². The molecule has 38 heavy (non-hydrogen) atoms. The van der Waals surface area contributed by atoms with E-state index >= 15 is 0 Å². The Balaban J connectivity index is 1.41. The summed E-state index contributed by atoms with van der Waals surface area (Å²) in [6, 6.07) is 24.5. The van der Waals surface area contributed by atoms with E-state index in [2.05, 4.69) is 39.6 Å². The van der Waals surface area contributed by atoms with Gasteiger partial charge in [0.15, 0.2) is 11.6 Å². The monoisotopic (exact) mass is 513 g/mol. The van der Waals surface area contributed by atoms with Gasteiger partial charge in [-0.1, -0.05) is 66.7 Å². The second-order valence-electron chi connectivity index (χ2n) is 9.15. The number of nitrogens with zero attached hydrogens (tertiary/aromatic N) is 3. The highest BCUT2D eigenvalue weighted by Crippen LogP contribution is 2.31. The number of benzene rings is 3. The van der Waals surface area contributed by atoms with Gasteiger partial charge in [-0.05, 0) is 36.1 Å². The average Bonchev–Trinajstić information content (AvgIpc) is 3.57. The summed E-state index contributed by atoms with van der Waals surface area (Å²) in [5, 5.41) is 3.31. The molecule has 2 aromatic heterocycles. The van der Waals surface area contributed by atoms with Crippen molar-refractivity contribution in [3.05, 3.63) is 131 Å². The van der Waals surface area contributed by atoms with Crippen LogP contribution in [0.3, 0.4) is 0 Å². The zero-order valence-corrected chi connectivity index (χ0v) is 20.9. The molecule has 0 saturated heterocycles. The molecule has 3 aromatic carbocycles. The second kappa shape index (κ2) is 11.7. The summed E-state index contributed by atoms with van der Waals surface area (Å²) in [5.41, 5.74) is 2.34. The molecular formula is C30H29F2N5O. The Kier molecular flexibility index (Phi) is 7.78. The Bertz CT molecular complexity index is 1470. The highest BCUT2D eigenvalue weighted by molar-refractivity contribution is 5.73. The van der Waals surface area contributed by atoms with Gasteiger partial charge in [0.1, 0.15) is 5.82 Å². The van der Waals surface area contributed by atoms with Gasteiger partial charge in [0.25, 0.3) is 0 Å².